The lowest BCUT2D eigenvalue weighted by Crippen LogP contribution is -2.29. The number of halogens is 3. The first-order chi connectivity index (χ1) is 4.48. The van der Waals surface area contributed by atoms with E-state index in [9.17, 15) is 13.2 Å². The number of thiol groups is 1. The summed E-state index contributed by atoms with van der Waals surface area (Å²) < 4.78 is 39.2. The summed E-state index contributed by atoms with van der Waals surface area (Å²) in [6.07, 6.45) is -5.93. The van der Waals surface area contributed by atoms with Crippen molar-refractivity contribution in [2.24, 2.45) is 0 Å². The summed E-state index contributed by atoms with van der Waals surface area (Å²) in [5.41, 5.74) is 0. The first-order valence-corrected chi connectivity index (χ1v) is 3.41. The maximum atomic E-state index is 11.6. The van der Waals surface area contributed by atoms with E-state index in [2.05, 4.69) is 17.4 Å². The van der Waals surface area contributed by atoms with Crippen molar-refractivity contribution >= 4 is 12.6 Å². The van der Waals surface area contributed by atoms with Gasteiger partial charge in [0.15, 0.2) is 6.10 Å². The molecule has 0 bridgehead atoms. The van der Waals surface area contributed by atoms with Gasteiger partial charge in [0.25, 0.3) is 0 Å². The molecule has 1 nitrogen and oxygen atoms in total. The van der Waals surface area contributed by atoms with Gasteiger partial charge in [0.2, 0.25) is 0 Å². The molecule has 0 radical (unpaired) electrons. The van der Waals surface area contributed by atoms with Crippen LogP contribution in [0, 0.1) is 0 Å². The average molecular weight is 174 g/mol. The topological polar surface area (TPSA) is 9.23 Å². The fraction of sp³-hybridized carbons (Fsp3) is 1.00. The summed E-state index contributed by atoms with van der Waals surface area (Å²) in [5, 5.41) is 0. The monoisotopic (exact) mass is 174 g/mol. The summed E-state index contributed by atoms with van der Waals surface area (Å²) in [5.74, 6) is 0.306. The summed E-state index contributed by atoms with van der Waals surface area (Å²) in [6.45, 7) is 1.01. The third-order valence-electron chi connectivity index (χ3n) is 0.920. The van der Waals surface area contributed by atoms with E-state index in [1.807, 2.05) is 0 Å². The van der Waals surface area contributed by atoms with E-state index in [1.165, 1.54) is 0 Å². The molecular weight excluding hydrogens is 165 g/mol. The van der Waals surface area contributed by atoms with Gasteiger partial charge in [-0.25, -0.2) is 0 Å². The van der Waals surface area contributed by atoms with Gasteiger partial charge in [0.05, 0.1) is 6.61 Å². The highest BCUT2D eigenvalue weighted by Crippen LogP contribution is 2.21. The summed E-state index contributed by atoms with van der Waals surface area (Å²) in [7, 11) is 0. The van der Waals surface area contributed by atoms with Crippen LogP contribution in [-0.2, 0) is 4.74 Å². The molecule has 0 spiro atoms. The average Bonchev–Trinajstić information content (AvgIpc) is 1.80. The Morgan fingerprint density at radius 2 is 2.00 bits per heavy atom. The van der Waals surface area contributed by atoms with E-state index in [4.69, 9.17) is 0 Å². The first kappa shape index (κ1) is 10.1. The summed E-state index contributed by atoms with van der Waals surface area (Å²) >= 11 is 3.70. The SMILES string of the molecule is CC(OCCS)C(F)(F)F. The van der Waals surface area contributed by atoms with Gasteiger partial charge in [-0.15, -0.1) is 0 Å². The second-order valence-corrected chi connectivity index (χ2v) is 2.23. The van der Waals surface area contributed by atoms with Crippen LogP contribution in [-0.4, -0.2) is 24.6 Å². The molecule has 1 unspecified atom stereocenters. The van der Waals surface area contributed by atoms with E-state index in [1.54, 1.807) is 0 Å². The minimum atomic E-state index is -4.25. The molecular formula is C5H9F3OS. The minimum absolute atomic E-state index is 0.0315. The van der Waals surface area contributed by atoms with Crippen LogP contribution >= 0.6 is 12.6 Å². The van der Waals surface area contributed by atoms with Crippen molar-refractivity contribution in [2.75, 3.05) is 12.4 Å². The zero-order chi connectivity index (χ0) is 8.20. The van der Waals surface area contributed by atoms with Crippen LogP contribution in [0.5, 0.6) is 0 Å². The molecule has 0 aliphatic heterocycles. The quantitative estimate of drug-likeness (QED) is 0.643. The molecule has 0 amide bonds. The lowest BCUT2D eigenvalue weighted by atomic mass is 10.4. The number of rotatable bonds is 3. The molecule has 0 aliphatic rings. The van der Waals surface area contributed by atoms with Gasteiger partial charge >= 0.3 is 6.18 Å². The molecule has 0 heterocycles. The Labute approximate surface area is 63.0 Å². The third kappa shape index (κ3) is 4.00. The van der Waals surface area contributed by atoms with Gasteiger partial charge in [0.1, 0.15) is 0 Å². The van der Waals surface area contributed by atoms with Crippen LogP contribution in [0.3, 0.4) is 0 Å². The molecule has 0 saturated heterocycles. The van der Waals surface area contributed by atoms with Crippen molar-refractivity contribution in [1.82, 2.24) is 0 Å². The van der Waals surface area contributed by atoms with E-state index in [-0.39, 0.29) is 6.61 Å². The molecule has 0 aromatic heterocycles. The van der Waals surface area contributed by atoms with Crippen molar-refractivity contribution in [3.63, 3.8) is 0 Å². The van der Waals surface area contributed by atoms with E-state index < -0.39 is 12.3 Å². The highest BCUT2D eigenvalue weighted by atomic mass is 32.1. The van der Waals surface area contributed by atoms with E-state index in [0.29, 0.717) is 5.75 Å². The van der Waals surface area contributed by atoms with Crippen molar-refractivity contribution in [3.05, 3.63) is 0 Å². The lowest BCUT2D eigenvalue weighted by molar-refractivity contribution is -0.212. The summed E-state index contributed by atoms with van der Waals surface area (Å²) in [6, 6.07) is 0. The number of alkyl halides is 3. The van der Waals surface area contributed by atoms with Gasteiger partial charge in [-0.05, 0) is 6.92 Å². The molecule has 0 fully saturated rings. The maximum Gasteiger partial charge on any atom is 0.414 e. The Bertz CT molecular complexity index is 93.4. The lowest BCUT2D eigenvalue weighted by Gasteiger charge is -2.15. The molecule has 62 valence electrons. The second-order valence-electron chi connectivity index (χ2n) is 1.78. The molecule has 0 N–H and O–H groups in total. The predicted octanol–water partition coefficient (Wildman–Crippen LogP) is 1.88. The van der Waals surface area contributed by atoms with Crippen molar-refractivity contribution in [3.8, 4) is 0 Å². The minimum Gasteiger partial charge on any atom is -0.368 e. The van der Waals surface area contributed by atoms with Crippen LogP contribution in [0.25, 0.3) is 0 Å². The Kier molecular flexibility index (Phi) is 4.12. The fourth-order valence-electron chi connectivity index (χ4n) is 0.324. The Morgan fingerprint density at radius 3 is 2.30 bits per heavy atom. The molecule has 0 saturated carbocycles. The van der Waals surface area contributed by atoms with E-state index in [0.717, 1.165) is 6.92 Å². The zero-order valence-corrected chi connectivity index (χ0v) is 6.38. The van der Waals surface area contributed by atoms with Gasteiger partial charge in [-0.3, -0.25) is 0 Å². The molecule has 10 heavy (non-hydrogen) atoms. The largest absolute Gasteiger partial charge is 0.414 e. The normalized spacial score (nSPS) is 15.3. The van der Waals surface area contributed by atoms with Gasteiger partial charge in [0, 0.05) is 5.75 Å². The molecule has 0 aromatic rings. The maximum absolute atomic E-state index is 11.6. The Hall–Kier alpha value is 0.100. The molecule has 0 rings (SSSR count). The third-order valence-corrected chi connectivity index (χ3v) is 1.10. The van der Waals surface area contributed by atoms with Crippen LogP contribution in [0.4, 0.5) is 13.2 Å². The predicted molar refractivity (Wildman–Crippen MR) is 35.3 cm³/mol. The van der Waals surface area contributed by atoms with Crippen LogP contribution in [0.2, 0.25) is 0 Å². The number of hydrogen-bond donors (Lipinski definition) is 1. The first-order valence-electron chi connectivity index (χ1n) is 2.77. The molecule has 5 heteroatoms. The molecule has 1 atom stereocenters. The van der Waals surface area contributed by atoms with Crippen LogP contribution in [0.1, 0.15) is 6.92 Å². The zero-order valence-electron chi connectivity index (χ0n) is 5.48. The fourth-order valence-corrected chi connectivity index (χ4v) is 0.429. The van der Waals surface area contributed by atoms with Gasteiger partial charge in [-0.2, -0.15) is 25.8 Å². The Balaban J connectivity index is 3.52. The molecule has 0 aliphatic carbocycles. The number of ether oxygens (including phenoxy) is 1. The van der Waals surface area contributed by atoms with Crippen molar-refractivity contribution in [1.29, 1.82) is 0 Å². The standard InChI is InChI=1S/C5H9F3OS/c1-4(5(6,7)8)9-2-3-10/h4,10H,2-3H2,1H3. The smallest absolute Gasteiger partial charge is 0.368 e. The van der Waals surface area contributed by atoms with Crippen LogP contribution in [0.15, 0.2) is 0 Å². The molecule has 0 aromatic carbocycles. The van der Waals surface area contributed by atoms with E-state index >= 15 is 0 Å². The summed E-state index contributed by atoms with van der Waals surface area (Å²) in [4.78, 5) is 0. The van der Waals surface area contributed by atoms with Crippen molar-refractivity contribution in [2.45, 2.75) is 19.2 Å². The second kappa shape index (κ2) is 4.08. The highest BCUT2D eigenvalue weighted by molar-refractivity contribution is 7.80. The van der Waals surface area contributed by atoms with Gasteiger partial charge < -0.3 is 4.74 Å². The Morgan fingerprint density at radius 1 is 1.50 bits per heavy atom. The van der Waals surface area contributed by atoms with Crippen LogP contribution < -0.4 is 0 Å². The van der Waals surface area contributed by atoms with Gasteiger partial charge in [-0.1, -0.05) is 0 Å². The number of hydrogen-bond acceptors (Lipinski definition) is 2. The highest BCUT2D eigenvalue weighted by Gasteiger charge is 2.36. The van der Waals surface area contributed by atoms with Crippen molar-refractivity contribution < 1.29 is 17.9 Å².